The standard InChI is InChI=1S/C49H88N2O8/c1-6-8-10-24-30-42(32-26-20-16-12-14-18-22-28-34-44(52)53)58-46(56)50-37-36-49(5)39-41(38-48(3,4)40-49)51-47(57)59-43(31-25-11-9-7-2)33-27-21-17-13-15-19-23-29-35-45(54)55/h20-21,26-27,41-43H,6-19,22-25,28-40H2,1-5H3,(H,50,56)(H,51,57)(H,52,53)(H,54,55)/b26-20-,27-21-. The predicted molar refractivity (Wildman–Crippen MR) is 241 cm³/mol. The monoisotopic (exact) mass is 833 g/mol. The SMILES string of the molecule is CCCCCCC(C/C=C\CCCCCCCC(=O)O)OC(=O)NCCC1(C)CC(NC(=O)OC(C/C=C\CCCCCCCC(=O)O)CCCCCC)CC(C)(C)C1. The molecule has 1 aliphatic rings. The molecule has 1 saturated carbocycles. The summed E-state index contributed by atoms with van der Waals surface area (Å²) in [4.78, 5) is 47.8. The van der Waals surface area contributed by atoms with Crippen molar-refractivity contribution < 1.29 is 38.9 Å². The highest BCUT2D eigenvalue weighted by molar-refractivity contribution is 5.68. The summed E-state index contributed by atoms with van der Waals surface area (Å²) < 4.78 is 12.0. The fourth-order valence-corrected chi connectivity index (χ4v) is 8.85. The Hall–Kier alpha value is -3.04. The van der Waals surface area contributed by atoms with Crippen LogP contribution in [0.2, 0.25) is 0 Å². The van der Waals surface area contributed by atoms with E-state index in [9.17, 15) is 19.2 Å². The van der Waals surface area contributed by atoms with E-state index >= 15 is 0 Å². The van der Waals surface area contributed by atoms with Crippen LogP contribution < -0.4 is 10.6 Å². The van der Waals surface area contributed by atoms with Crippen LogP contribution in [0.4, 0.5) is 9.59 Å². The van der Waals surface area contributed by atoms with Gasteiger partial charge >= 0.3 is 24.1 Å². The van der Waals surface area contributed by atoms with Crippen LogP contribution in [0.5, 0.6) is 0 Å². The second-order valence-corrected chi connectivity index (χ2v) is 18.6. The number of amides is 2. The highest BCUT2D eigenvalue weighted by Gasteiger charge is 2.41. The molecule has 10 heteroatoms. The summed E-state index contributed by atoms with van der Waals surface area (Å²) in [5.74, 6) is -1.44. The number of hydrogen-bond donors (Lipinski definition) is 4. The normalized spacial score (nSPS) is 18.8. The molecule has 0 bridgehead atoms. The Morgan fingerprint density at radius 3 is 1.56 bits per heavy atom. The van der Waals surface area contributed by atoms with Gasteiger partial charge in [-0.15, -0.1) is 0 Å². The molecular formula is C49H88N2O8. The van der Waals surface area contributed by atoms with Gasteiger partial charge in [-0.25, -0.2) is 9.59 Å². The molecule has 0 heterocycles. The number of alkyl carbamates (subject to hydrolysis) is 2. The Morgan fingerprint density at radius 2 is 1.07 bits per heavy atom. The molecule has 0 radical (unpaired) electrons. The average Bonchev–Trinajstić information content (AvgIpc) is 3.15. The molecule has 1 aliphatic carbocycles. The van der Waals surface area contributed by atoms with Gasteiger partial charge in [-0.3, -0.25) is 9.59 Å². The number of nitrogens with one attached hydrogen (secondary N) is 2. The number of allylic oxidation sites excluding steroid dienone is 2. The van der Waals surface area contributed by atoms with E-state index in [0.717, 1.165) is 154 Å². The summed E-state index contributed by atoms with van der Waals surface area (Å²) in [6.07, 6.45) is 35.7. The van der Waals surface area contributed by atoms with E-state index in [4.69, 9.17) is 19.7 Å². The van der Waals surface area contributed by atoms with E-state index in [-0.39, 0.29) is 54.1 Å². The molecule has 1 rings (SSSR count). The van der Waals surface area contributed by atoms with Gasteiger partial charge in [0.2, 0.25) is 0 Å². The molecule has 0 spiro atoms. The molecule has 4 atom stereocenters. The summed E-state index contributed by atoms with van der Waals surface area (Å²) in [7, 11) is 0. The number of carbonyl (C=O) groups is 4. The van der Waals surface area contributed by atoms with E-state index in [0.29, 0.717) is 19.4 Å². The summed E-state index contributed by atoms with van der Waals surface area (Å²) in [6, 6.07) is -0.00814. The zero-order valence-corrected chi connectivity index (χ0v) is 38.3. The highest BCUT2D eigenvalue weighted by atomic mass is 16.6. The molecule has 0 aliphatic heterocycles. The smallest absolute Gasteiger partial charge is 0.407 e. The number of unbranched alkanes of at least 4 members (excludes halogenated alkanes) is 16. The van der Waals surface area contributed by atoms with Crippen molar-refractivity contribution >= 4 is 24.1 Å². The lowest BCUT2D eigenvalue weighted by Crippen LogP contribution is -2.48. The number of aliphatic carboxylic acids is 2. The van der Waals surface area contributed by atoms with E-state index in [2.05, 4.69) is 69.6 Å². The summed E-state index contributed by atoms with van der Waals surface area (Å²) >= 11 is 0. The summed E-state index contributed by atoms with van der Waals surface area (Å²) in [5.41, 5.74) is -0.0374. The Balaban J connectivity index is 2.62. The number of carbonyl (C=O) groups excluding carboxylic acids is 2. The zero-order valence-electron chi connectivity index (χ0n) is 38.3. The molecule has 10 nitrogen and oxygen atoms in total. The lowest BCUT2D eigenvalue weighted by molar-refractivity contribution is -0.138. The Bertz CT molecular complexity index is 1190. The van der Waals surface area contributed by atoms with Crippen molar-refractivity contribution in [1.82, 2.24) is 10.6 Å². The molecule has 4 N–H and O–H groups in total. The first kappa shape index (κ1) is 54.0. The van der Waals surface area contributed by atoms with E-state index in [1.165, 1.54) is 12.8 Å². The molecule has 59 heavy (non-hydrogen) atoms. The Morgan fingerprint density at radius 1 is 0.610 bits per heavy atom. The molecule has 4 unspecified atom stereocenters. The third-order valence-corrected chi connectivity index (χ3v) is 11.7. The van der Waals surface area contributed by atoms with E-state index in [1.807, 2.05) is 0 Å². The summed E-state index contributed by atoms with van der Waals surface area (Å²) in [5, 5.41) is 23.9. The van der Waals surface area contributed by atoms with Crippen molar-refractivity contribution in [1.29, 1.82) is 0 Å². The van der Waals surface area contributed by atoms with Crippen LogP contribution in [-0.4, -0.2) is 59.1 Å². The summed E-state index contributed by atoms with van der Waals surface area (Å²) in [6.45, 7) is 11.7. The number of carboxylic acids is 2. The first-order valence-corrected chi connectivity index (χ1v) is 23.9. The minimum absolute atomic E-state index is 0.00814. The first-order chi connectivity index (χ1) is 28.3. The van der Waals surface area contributed by atoms with Crippen molar-refractivity contribution in [3.05, 3.63) is 24.3 Å². The lowest BCUT2D eigenvalue weighted by atomic mass is 9.61. The van der Waals surface area contributed by atoms with Crippen LogP contribution >= 0.6 is 0 Å². The van der Waals surface area contributed by atoms with Gasteiger partial charge in [0.25, 0.3) is 0 Å². The molecule has 0 aromatic heterocycles. The molecule has 2 amide bonds. The van der Waals surface area contributed by atoms with Crippen molar-refractivity contribution in [2.45, 2.75) is 245 Å². The molecular weight excluding hydrogens is 745 g/mol. The molecule has 0 aromatic carbocycles. The third-order valence-electron chi connectivity index (χ3n) is 11.7. The van der Waals surface area contributed by atoms with E-state index in [1.54, 1.807) is 0 Å². The number of rotatable bonds is 36. The lowest BCUT2D eigenvalue weighted by Gasteiger charge is -2.47. The minimum Gasteiger partial charge on any atom is -0.481 e. The topological polar surface area (TPSA) is 151 Å². The van der Waals surface area contributed by atoms with Crippen LogP contribution in [0.25, 0.3) is 0 Å². The second-order valence-electron chi connectivity index (χ2n) is 18.6. The molecule has 0 saturated heterocycles. The van der Waals surface area contributed by atoms with Gasteiger partial charge in [-0.05, 0) is 101 Å². The number of hydrogen-bond acceptors (Lipinski definition) is 6. The maximum absolute atomic E-state index is 13.4. The van der Waals surface area contributed by atoms with Gasteiger partial charge in [0.1, 0.15) is 12.2 Å². The Labute approximate surface area is 359 Å². The molecule has 342 valence electrons. The zero-order chi connectivity index (χ0) is 43.6. The molecule has 1 fully saturated rings. The number of carboxylic acid groups (broad SMARTS) is 2. The minimum atomic E-state index is -0.719. The predicted octanol–water partition coefficient (Wildman–Crippen LogP) is 13.6. The largest absolute Gasteiger partial charge is 0.481 e. The molecule has 0 aromatic rings. The van der Waals surface area contributed by atoms with Crippen LogP contribution in [0, 0.1) is 10.8 Å². The second kappa shape index (κ2) is 33.7. The van der Waals surface area contributed by atoms with Gasteiger partial charge in [0.05, 0.1) is 0 Å². The van der Waals surface area contributed by atoms with Gasteiger partial charge in [-0.1, -0.05) is 136 Å². The fourth-order valence-electron chi connectivity index (χ4n) is 8.85. The van der Waals surface area contributed by atoms with Gasteiger partial charge in [-0.2, -0.15) is 0 Å². The van der Waals surface area contributed by atoms with E-state index < -0.39 is 11.9 Å². The van der Waals surface area contributed by atoms with Gasteiger partial charge in [0.15, 0.2) is 0 Å². The van der Waals surface area contributed by atoms with Crippen molar-refractivity contribution in [2.75, 3.05) is 6.54 Å². The van der Waals surface area contributed by atoms with Gasteiger partial charge in [0, 0.05) is 38.3 Å². The van der Waals surface area contributed by atoms with Crippen molar-refractivity contribution in [2.24, 2.45) is 10.8 Å². The fraction of sp³-hybridized carbons (Fsp3) is 0.837. The van der Waals surface area contributed by atoms with Crippen LogP contribution in [0.1, 0.15) is 227 Å². The number of ether oxygens (including phenoxy) is 2. The van der Waals surface area contributed by atoms with Crippen LogP contribution in [0.15, 0.2) is 24.3 Å². The Kier molecular flexibility index (Phi) is 30.8. The quantitative estimate of drug-likeness (QED) is 0.0360. The third kappa shape index (κ3) is 31.5. The maximum Gasteiger partial charge on any atom is 0.407 e. The highest BCUT2D eigenvalue weighted by Crippen LogP contribution is 2.47. The van der Waals surface area contributed by atoms with Crippen LogP contribution in [0.3, 0.4) is 0 Å². The van der Waals surface area contributed by atoms with Crippen molar-refractivity contribution in [3.63, 3.8) is 0 Å². The maximum atomic E-state index is 13.4. The van der Waals surface area contributed by atoms with Gasteiger partial charge < -0.3 is 30.3 Å². The average molecular weight is 833 g/mol. The van der Waals surface area contributed by atoms with Crippen molar-refractivity contribution in [3.8, 4) is 0 Å². The first-order valence-electron chi connectivity index (χ1n) is 23.9. The van der Waals surface area contributed by atoms with Crippen LogP contribution in [-0.2, 0) is 19.1 Å².